The number of hydrogen-bond acceptors (Lipinski definition) is 3. The monoisotopic (exact) mass is 223 g/mol. The Balaban J connectivity index is 2.55. The fourth-order valence-electron chi connectivity index (χ4n) is 1.26. The standard InChI is InChI=1S/C12H17NO3/c1-9(7-8-14)12(15)13-10-3-5-11(16-2)6-4-10/h3-6,9,14H,7-8H2,1-2H3,(H,13,15). The lowest BCUT2D eigenvalue weighted by Gasteiger charge is -2.11. The molecule has 1 aromatic carbocycles. The summed E-state index contributed by atoms with van der Waals surface area (Å²) in [5, 5.41) is 11.5. The molecule has 4 nitrogen and oxygen atoms in total. The van der Waals surface area contributed by atoms with Gasteiger partial charge in [-0.2, -0.15) is 0 Å². The van der Waals surface area contributed by atoms with E-state index in [4.69, 9.17) is 9.84 Å². The average Bonchev–Trinajstić information content (AvgIpc) is 2.30. The lowest BCUT2D eigenvalue weighted by Crippen LogP contribution is -2.21. The molecule has 0 saturated carbocycles. The largest absolute Gasteiger partial charge is 0.497 e. The first-order valence-electron chi connectivity index (χ1n) is 5.23. The van der Waals surface area contributed by atoms with Gasteiger partial charge in [0.05, 0.1) is 7.11 Å². The molecule has 0 heterocycles. The molecule has 0 radical (unpaired) electrons. The number of amides is 1. The van der Waals surface area contributed by atoms with Gasteiger partial charge in [-0.05, 0) is 30.7 Å². The number of ether oxygens (including phenoxy) is 1. The van der Waals surface area contributed by atoms with Crippen LogP contribution in [-0.2, 0) is 4.79 Å². The number of benzene rings is 1. The number of rotatable bonds is 5. The molecule has 1 unspecified atom stereocenters. The molecule has 1 atom stereocenters. The molecule has 0 spiro atoms. The first kappa shape index (κ1) is 12.5. The second-order valence-corrected chi connectivity index (χ2v) is 3.63. The average molecular weight is 223 g/mol. The van der Waals surface area contributed by atoms with Crippen LogP contribution < -0.4 is 10.1 Å². The van der Waals surface area contributed by atoms with Gasteiger partial charge in [0.1, 0.15) is 5.75 Å². The Morgan fingerprint density at radius 3 is 2.56 bits per heavy atom. The molecule has 0 fully saturated rings. The molecule has 2 N–H and O–H groups in total. The Bertz CT molecular complexity index is 335. The van der Waals surface area contributed by atoms with Gasteiger partial charge >= 0.3 is 0 Å². The van der Waals surface area contributed by atoms with E-state index in [2.05, 4.69) is 5.32 Å². The summed E-state index contributed by atoms with van der Waals surface area (Å²) in [4.78, 5) is 11.6. The topological polar surface area (TPSA) is 58.6 Å². The van der Waals surface area contributed by atoms with Crippen LogP contribution in [0.4, 0.5) is 5.69 Å². The van der Waals surface area contributed by atoms with Crippen LogP contribution in [0.15, 0.2) is 24.3 Å². The lowest BCUT2D eigenvalue weighted by atomic mass is 10.1. The number of methoxy groups -OCH3 is 1. The van der Waals surface area contributed by atoms with Gasteiger partial charge in [-0.3, -0.25) is 4.79 Å². The van der Waals surface area contributed by atoms with E-state index in [9.17, 15) is 4.79 Å². The number of anilines is 1. The highest BCUT2D eigenvalue weighted by Crippen LogP contribution is 2.16. The van der Waals surface area contributed by atoms with Gasteiger partial charge in [-0.15, -0.1) is 0 Å². The SMILES string of the molecule is COc1ccc(NC(=O)C(C)CCO)cc1. The fourth-order valence-corrected chi connectivity index (χ4v) is 1.26. The van der Waals surface area contributed by atoms with E-state index in [-0.39, 0.29) is 18.4 Å². The maximum Gasteiger partial charge on any atom is 0.227 e. The van der Waals surface area contributed by atoms with E-state index in [1.165, 1.54) is 0 Å². The number of aliphatic hydroxyl groups is 1. The molecule has 1 amide bonds. The van der Waals surface area contributed by atoms with Crippen LogP contribution >= 0.6 is 0 Å². The third-order valence-electron chi connectivity index (χ3n) is 2.37. The maximum absolute atomic E-state index is 11.6. The predicted octanol–water partition coefficient (Wildman–Crippen LogP) is 1.65. The van der Waals surface area contributed by atoms with Crippen molar-refractivity contribution < 1.29 is 14.6 Å². The summed E-state index contributed by atoms with van der Waals surface area (Å²) >= 11 is 0. The van der Waals surface area contributed by atoms with Gasteiger partial charge in [0, 0.05) is 18.2 Å². The van der Waals surface area contributed by atoms with Crippen molar-refractivity contribution in [3.8, 4) is 5.75 Å². The molecule has 1 rings (SSSR count). The molecule has 16 heavy (non-hydrogen) atoms. The van der Waals surface area contributed by atoms with Crippen LogP contribution in [-0.4, -0.2) is 24.7 Å². The summed E-state index contributed by atoms with van der Waals surface area (Å²) in [7, 11) is 1.59. The van der Waals surface area contributed by atoms with Crippen LogP contribution in [0.2, 0.25) is 0 Å². The van der Waals surface area contributed by atoms with Crippen molar-refractivity contribution in [3.05, 3.63) is 24.3 Å². The minimum absolute atomic E-state index is 0.0250. The van der Waals surface area contributed by atoms with Gasteiger partial charge in [-0.1, -0.05) is 6.92 Å². The van der Waals surface area contributed by atoms with E-state index < -0.39 is 0 Å². The zero-order chi connectivity index (χ0) is 12.0. The van der Waals surface area contributed by atoms with Crippen molar-refractivity contribution >= 4 is 11.6 Å². The third kappa shape index (κ3) is 3.55. The molecule has 0 aliphatic carbocycles. The number of aliphatic hydroxyl groups excluding tert-OH is 1. The van der Waals surface area contributed by atoms with E-state index >= 15 is 0 Å². The summed E-state index contributed by atoms with van der Waals surface area (Å²) < 4.78 is 5.01. The van der Waals surface area contributed by atoms with Crippen molar-refractivity contribution in [3.63, 3.8) is 0 Å². The molecule has 0 saturated heterocycles. The van der Waals surface area contributed by atoms with Crippen molar-refractivity contribution in [2.45, 2.75) is 13.3 Å². The Morgan fingerprint density at radius 2 is 2.06 bits per heavy atom. The second kappa shape index (κ2) is 6.12. The minimum atomic E-state index is -0.188. The predicted molar refractivity (Wildman–Crippen MR) is 62.5 cm³/mol. The summed E-state index contributed by atoms with van der Waals surface area (Å²) in [6.45, 7) is 1.81. The Morgan fingerprint density at radius 1 is 1.44 bits per heavy atom. The number of nitrogens with one attached hydrogen (secondary N) is 1. The lowest BCUT2D eigenvalue weighted by molar-refractivity contribution is -0.119. The Labute approximate surface area is 95.2 Å². The number of carbonyl (C=O) groups excluding carboxylic acids is 1. The van der Waals surface area contributed by atoms with Crippen LogP contribution in [0, 0.1) is 5.92 Å². The second-order valence-electron chi connectivity index (χ2n) is 3.63. The molecule has 1 aromatic rings. The van der Waals surface area contributed by atoms with E-state index in [1.807, 2.05) is 0 Å². The number of hydrogen-bond donors (Lipinski definition) is 2. The molecule has 0 bridgehead atoms. The van der Waals surface area contributed by atoms with Gasteiger partial charge in [0.25, 0.3) is 0 Å². The van der Waals surface area contributed by atoms with Crippen molar-refractivity contribution in [2.24, 2.45) is 5.92 Å². The van der Waals surface area contributed by atoms with E-state index in [1.54, 1.807) is 38.3 Å². The van der Waals surface area contributed by atoms with Gasteiger partial charge in [0.2, 0.25) is 5.91 Å². The maximum atomic E-state index is 11.6. The van der Waals surface area contributed by atoms with Crippen molar-refractivity contribution in [1.82, 2.24) is 0 Å². The minimum Gasteiger partial charge on any atom is -0.497 e. The molecular formula is C12H17NO3. The normalized spacial score (nSPS) is 11.9. The first-order valence-corrected chi connectivity index (χ1v) is 5.23. The van der Waals surface area contributed by atoms with Gasteiger partial charge < -0.3 is 15.2 Å². The van der Waals surface area contributed by atoms with Crippen LogP contribution in [0.3, 0.4) is 0 Å². The first-order chi connectivity index (χ1) is 7.67. The number of carbonyl (C=O) groups is 1. The molecule has 4 heteroatoms. The van der Waals surface area contributed by atoms with Crippen molar-refractivity contribution in [1.29, 1.82) is 0 Å². The van der Waals surface area contributed by atoms with E-state index in [0.29, 0.717) is 6.42 Å². The summed E-state index contributed by atoms with van der Waals surface area (Å²) in [5.74, 6) is 0.479. The highest BCUT2D eigenvalue weighted by atomic mass is 16.5. The smallest absolute Gasteiger partial charge is 0.227 e. The third-order valence-corrected chi connectivity index (χ3v) is 2.37. The zero-order valence-corrected chi connectivity index (χ0v) is 9.56. The highest BCUT2D eigenvalue weighted by molar-refractivity contribution is 5.92. The summed E-state index contributed by atoms with van der Waals surface area (Å²) in [6.07, 6.45) is 0.474. The quantitative estimate of drug-likeness (QED) is 0.798. The van der Waals surface area contributed by atoms with Crippen LogP contribution in [0.5, 0.6) is 5.75 Å². The Kier molecular flexibility index (Phi) is 4.79. The highest BCUT2D eigenvalue weighted by Gasteiger charge is 2.11. The van der Waals surface area contributed by atoms with E-state index in [0.717, 1.165) is 11.4 Å². The van der Waals surface area contributed by atoms with Crippen LogP contribution in [0.25, 0.3) is 0 Å². The molecule has 88 valence electrons. The molecule has 0 aliphatic rings. The zero-order valence-electron chi connectivity index (χ0n) is 9.56. The fraction of sp³-hybridized carbons (Fsp3) is 0.417. The van der Waals surface area contributed by atoms with Gasteiger partial charge in [-0.25, -0.2) is 0 Å². The summed E-state index contributed by atoms with van der Waals surface area (Å²) in [5.41, 5.74) is 0.732. The van der Waals surface area contributed by atoms with Crippen molar-refractivity contribution in [2.75, 3.05) is 19.0 Å². The van der Waals surface area contributed by atoms with Crippen LogP contribution in [0.1, 0.15) is 13.3 Å². The molecule has 0 aromatic heterocycles. The molecular weight excluding hydrogens is 206 g/mol. The molecule has 0 aliphatic heterocycles. The van der Waals surface area contributed by atoms with Gasteiger partial charge in [0.15, 0.2) is 0 Å². The Hall–Kier alpha value is -1.55. The summed E-state index contributed by atoms with van der Waals surface area (Å²) in [6, 6.07) is 7.13.